The molecule has 1 aliphatic rings. The summed E-state index contributed by atoms with van der Waals surface area (Å²) >= 11 is 1.55. The van der Waals surface area contributed by atoms with Crippen LogP contribution >= 0.6 is 11.8 Å². The van der Waals surface area contributed by atoms with Crippen molar-refractivity contribution in [3.63, 3.8) is 0 Å². The minimum absolute atomic E-state index is 0.0116. The maximum atomic E-state index is 12.4. The third-order valence-electron chi connectivity index (χ3n) is 3.43. The van der Waals surface area contributed by atoms with E-state index in [4.69, 9.17) is 9.47 Å². The van der Waals surface area contributed by atoms with Crippen molar-refractivity contribution in [3.8, 4) is 5.75 Å². The molecule has 5 nitrogen and oxygen atoms in total. The summed E-state index contributed by atoms with van der Waals surface area (Å²) in [5, 5.41) is 0. The fourth-order valence-corrected chi connectivity index (χ4v) is 3.49. The van der Waals surface area contributed by atoms with Crippen molar-refractivity contribution < 1.29 is 19.1 Å². The second-order valence-electron chi connectivity index (χ2n) is 5.42. The number of benzene rings is 1. The van der Waals surface area contributed by atoms with Gasteiger partial charge in [0.25, 0.3) is 5.91 Å². The molecule has 1 heterocycles. The van der Waals surface area contributed by atoms with Crippen LogP contribution in [0.5, 0.6) is 5.75 Å². The Morgan fingerprint density at radius 2 is 2.00 bits per heavy atom. The van der Waals surface area contributed by atoms with Gasteiger partial charge in [0.1, 0.15) is 12.5 Å². The zero-order chi connectivity index (χ0) is 17.0. The van der Waals surface area contributed by atoms with E-state index < -0.39 is 0 Å². The third-order valence-corrected chi connectivity index (χ3v) is 4.42. The van der Waals surface area contributed by atoms with Crippen molar-refractivity contribution >= 4 is 29.7 Å². The van der Waals surface area contributed by atoms with E-state index in [0.29, 0.717) is 23.9 Å². The second-order valence-corrected chi connectivity index (χ2v) is 6.56. The first-order chi connectivity index (χ1) is 10.9. The summed E-state index contributed by atoms with van der Waals surface area (Å²) in [5.41, 5.74) is 2.66. The number of aryl methyl sites for hydroxylation is 2. The predicted molar refractivity (Wildman–Crippen MR) is 91.2 cm³/mol. The monoisotopic (exact) mass is 335 g/mol. The molecule has 1 saturated heterocycles. The van der Waals surface area contributed by atoms with Crippen molar-refractivity contribution in [2.45, 2.75) is 20.8 Å². The molecule has 23 heavy (non-hydrogen) atoms. The molecule has 124 valence electrons. The van der Waals surface area contributed by atoms with E-state index >= 15 is 0 Å². The van der Waals surface area contributed by atoms with Crippen LogP contribution in [0.3, 0.4) is 0 Å². The molecule has 0 bridgehead atoms. The van der Waals surface area contributed by atoms with E-state index in [9.17, 15) is 9.59 Å². The van der Waals surface area contributed by atoms with E-state index in [1.165, 1.54) is 6.92 Å². The number of rotatable bonds is 4. The number of hydrogen-bond donors (Lipinski definition) is 0. The third kappa shape index (κ3) is 4.36. The van der Waals surface area contributed by atoms with Crippen molar-refractivity contribution in [2.24, 2.45) is 0 Å². The highest BCUT2D eigenvalue weighted by Gasteiger charge is 2.23. The van der Waals surface area contributed by atoms with Gasteiger partial charge in [-0.3, -0.25) is 9.59 Å². The summed E-state index contributed by atoms with van der Waals surface area (Å²) in [7, 11) is 1.58. The second kappa shape index (κ2) is 7.66. The Morgan fingerprint density at radius 3 is 2.57 bits per heavy atom. The van der Waals surface area contributed by atoms with Crippen LogP contribution in [-0.4, -0.2) is 42.9 Å². The van der Waals surface area contributed by atoms with Gasteiger partial charge in [0.05, 0.1) is 4.91 Å². The Bertz CT molecular complexity index is 629. The summed E-state index contributed by atoms with van der Waals surface area (Å²) in [5.74, 6) is 1.09. The lowest BCUT2D eigenvalue weighted by molar-refractivity contribution is -0.132. The molecule has 0 spiro atoms. The molecule has 0 saturated carbocycles. The predicted octanol–water partition coefficient (Wildman–Crippen LogP) is 2.75. The average molecular weight is 335 g/mol. The van der Waals surface area contributed by atoms with E-state index in [1.54, 1.807) is 23.8 Å². The molecule has 0 aromatic heterocycles. The van der Waals surface area contributed by atoms with Gasteiger partial charge >= 0.3 is 5.97 Å². The van der Waals surface area contributed by atoms with Crippen LogP contribution in [0.4, 0.5) is 0 Å². The van der Waals surface area contributed by atoms with Gasteiger partial charge in [-0.2, -0.15) is 0 Å². The van der Waals surface area contributed by atoms with Crippen LogP contribution in [0.25, 0.3) is 6.08 Å². The van der Waals surface area contributed by atoms with Crippen LogP contribution in [0.1, 0.15) is 23.6 Å². The molecule has 1 aromatic rings. The highest BCUT2D eigenvalue weighted by molar-refractivity contribution is 8.04. The number of amides is 1. The van der Waals surface area contributed by atoms with E-state index in [1.807, 2.05) is 32.1 Å². The fraction of sp³-hybridized carbons (Fsp3) is 0.412. The lowest BCUT2D eigenvalue weighted by Crippen LogP contribution is -2.38. The molecule has 1 aliphatic heterocycles. The maximum absolute atomic E-state index is 12.4. The Hall–Kier alpha value is -1.79. The number of carbonyl (C=O) groups is 2. The van der Waals surface area contributed by atoms with E-state index in [-0.39, 0.29) is 11.9 Å². The maximum Gasteiger partial charge on any atom is 0.308 e. The zero-order valence-electron chi connectivity index (χ0n) is 13.8. The molecule has 1 aromatic carbocycles. The molecule has 6 heteroatoms. The normalized spacial score (nSPS) is 16.8. The summed E-state index contributed by atoms with van der Waals surface area (Å²) in [6.07, 6.45) is 1.88. The highest BCUT2D eigenvalue weighted by Crippen LogP contribution is 2.30. The fourth-order valence-electron chi connectivity index (χ4n) is 2.49. The van der Waals surface area contributed by atoms with E-state index in [0.717, 1.165) is 22.4 Å². The molecule has 0 radical (unpaired) electrons. The van der Waals surface area contributed by atoms with Gasteiger partial charge in [0.15, 0.2) is 0 Å². The Morgan fingerprint density at radius 1 is 1.35 bits per heavy atom. The van der Waals surface area contributed by atoms with Gasteiger partial charge in [-0.15, -0.1) is 11.8 Å². The number of nitrogens with zero attached hydrogens (tertiary/aromatic N) is 1. The first-order valence-electron chi connectivity index (χ1n) is 7.34. The molecule has 2 rings (SSSR count). The molecular formula is C17H21NO4S. The summed E-state index contributed by atoms with van der Waals surface area (Å²) in [4.78, 5) is 25.9. The Kier molecular flexibility index (Phi) is 5.85. The number of hydrogen-bond acceptors (Lipinski definition) is 5. The van der Waals surface area contributed by atoms with Gasteiger partial charge in [-0.25, -0.2) is 0 Å². The molecule has 0 atom stereocenters. The molecule has 0 aliphatic carbocycles. The lowest BCUT2D eigenvalue weighted by Gasteiger charge is -2.27. The van der Waals surface area contributed by atoms with Crippen molar-refractivity contribution in [1.29, 1.82) is 0 Å². The molecule has 0 N–H and O–H groups in total. The van der Waals surface area contributed by atoms with Crippen LogP contribution < -0.4 is 4.74 Å². The lowest BCUT2D eigenvalue weighted by atomic mass is 10.1. The largest absolute Gasteiger partial charge is 0.426 e. The topological polar surface area (TPSA) is 55.8 Å². The first kappa shape index (κ1) is 17.6. The van der Waals surface area contributed by atoms with Crippen molar-refractivity contribution in [3.05, 3.63) is 33.7 Å². The number of carbonyl (C=O) groups excluding carboxylic acids is 2. The number of thioether (sulfide) groups is 1. The molecule has 0 unspecified atom stereocenters. The average Bonchev–Trinajstić information content (AvgIpc) is 2.47. The first-order valence-corrected chi connectivity index (χ1v) is 8.33. The zero-order valence-corrected chi connectivity index (χ0v) is 14.7. The van der Waals surface area contributed by atoms with E-state index in [2.05, 4.69) is 0 Å². The molecule has 1 fully saturated rings. The van der Waals surface area contributed by atoms with Gasteiger partial charge in [0, 0.05) is 26.3 Å². The number of esters is 1. The van der Waals surface area contributed by atoms with Gasteiger partial charge in [-0.05, 0) is 48.7 Å². The number of ether oxygens (including phenoxy) is 2. The summed E-state index contributed by atoms with van der Waals surface area (Å²) < 4.78 is 10.3. The van der Waals surface area contributed by atoms with Gasteiger partial charge in [0.2, 0.25) is 0 Å². The molecule has 1 amide bonds. The summed E-state index contributed by atoms with van der Waals surface area (Å²) in [6, 6.07) is 3.84. The smallest absolute Gasteiger partial charge is 0.308 e. The SMILES string of the molecule is COCN1CCS/C(=C/c2cc(C)c(OC(C)=O)c(C)c2)C1=O. The van der Waals surface area contributed by atoms with Crippen LogP contribution in [0, 0.1) is 13.8 Å². The Balaban J connectivity index is 2.28. The Labute approximate surface area is 140 Å². The summed E-state index contributed by atoms with van der Waals surface area (Å²) in [6.45, 7) is 6.16. The minimum Gasteiger partial charge on any atom is -0.426 e. The van der Waals surface area contributed by atoms with Gasteiger partial charge < -0.3 is 14.4 Å². The number of methoxy groups -OCH3 is 1. The van der Waals surface area contributed by atoms with Gasteiger partial charge in [-0.1, -0.05) is 0 Å². The highest BCUT2D eigenvalue weighted by atomic mass is 32.2. The van der Waals surface area contributed by atoms with Crippen molar-refractivity contribution in [1.82, 2.24) is 4.90 Å². The van der Waals surface area contributed by atoms with Crippen LogP contribution in [0.15, 0.2) is 17.0 Å². The van der Waals surface area contributed by atoms with Crippen LogP contribution in [0.2, 0.25) is 0 Å². The quantitative estimate of drug-likeness (QED) is 0.481. The van der Waals surface area contributed by atoms with Crippen LogP contribution in [-0.2, 0) is 14.3 Å². The minimum atomic E-state index is -0.337. The van der Waals surface area contributed by atoms with Crippen molar-refractivity contribution in [2.75, 3.05) is 26.1 Å². The molecular weight excluding hydrogens is 314 g/mol. The standard InChI is InChI=1S/C17H21NO4S/c1-11-7-14(8-12(2)16(11)22-13(3)19)9-15-17(20)18(10-21-4)5-6-23-15/h7-9H,5-6,10H2,1-4H3/b15-9+.